The zero-order valence-corrected chi connectivity index (χ0v) is 10.3. The van der Waals surface area contributed by atoms with Gasteiger partial charge in [-0.3, -0.25) is 0 Å². The van der Waals surface area contributed by atoms with Gasteiger partial charge >= 0.3 is 0 Å². The quantitative estimate of drug-likeness (QED) is 0.745. The Labute approximate surface area is 105 Å². The Hall–Kier alpha value is -1.95. The predicted octanol–water partition coefficient (Wildman–Crippen LogP) is 2.16. The van der Waals surface area contributed by atoms with Crippen molar-refractivity contribution in [2.75, 3.05) is 5.73 Å². The third-order valence-electron chi connectivity index (χ3n) is 2.42. The molecule has 3 rings (SSSR count). The summed E-state index contributed by atoms with van der Waals surface area (Å²) in [6, 6.07) is 7.90. The van der Waals surface area contributed by atoms with Crippen LogP contribution in [0.4, 0.5) is 5.95 Å². The summed E-state index contributed by atoms with van der Waals surface area (Å²) in [6.45, 7) is 0. The van der Waals surface area contributed by atoms with E-state index in [1.165, 1.54) is 0 Å². The number of hydrogen-bond donors (Lipinski definition) is 1. The minimum Gasteiger partial charge on any atom is -0.368 e. The highest BCUT2D eigenvalue weighted by Crippen LogP contribution is 2.22. The fourth-order valence-corrected chi connectivity index (χ4v) is 2.02. The fourth-order valence-electron chi connectivity index (χ4n) is 1.66. The molecule has 0 radical (unpaired) electrons. The van der Waals surface area contributed by atoms with Gasteiger partial charge in [0.15, 0.2) is 5.82 Å². The average molecular weight is 290 g/mol. The van der Waals surface area contributed by atoms with E-state index in [0.717, 1.165) is 15.4 Å². The highest BCUT2D eigenvalue weighted by atomic mass is 79.9. The number of rotatable bonds is 1. The smallest absolute Gasteiger partial charge is 0.222 e. The number of nitrogens with zero attached hydrogens (tertiary/aromatic N) is 4. The van der Waals surface area contributed by atoms with E-state index in [1.807, 2.05) is 24.3 Å². The number of benzene rings is 1. The maximum absolute atomic E-state index is 5.59. The molecule has 0 fully saturated rings. The Morgan fingerprint density at radius 3 is 2.88 bits per heavy atom. The van der Waals surface area contributed by atoms with Crippen molar-refractivity contribution in [3.8, 4) is 5.82 Å². The van der Waals surface area contributed by atoms with Crippen LogP contribution in [-0.4, -0.2) is 19.7 Å². The number of anilines is 1. The topological polar surface area (TPSA) is 69.6 Å². The Kier molecular flexibility index (Phi) is 2.29. The van der Waals surface area contributed by atoms with E-state index in [1.54, 1.807) is 17.1 Å². The van der Waals surface area contributed by atoms with Gasteiger partial charge in [0.25, 0.3) is 0 Å². The lowest BCUT2D eigenvalue weighted by atomic mass is 10.2. The van der Waals surface area contributed by atoms with E-state index in [9.17, 15) is 0 Å². The number of hydrogen-bond acceptors (Lipinski definition) is 4. The zero-order valence-electron chi connectivity index (χ0n) is 8.71. The van der Waals surface area contributed by atoms with Gasteiger partial charge in [-0.1, -0.05) is 18.2 Å². The van der Waals surface area contributed by atoms with Crippen molar-refractivity contribution in [1.29, 1.82) is 0 Å². The number of nitrogens with two attached hydrogens (primary N) is 1. The molecule has 0 aliphatic carbocycles. The second-order valence-corrected chi connectivity index (χ2v) is 4.37. The molecule has 0 amide bonds. The van der Waals surface area contributed by atoms with Gasteiger partial charge in [0.1, 0.15) is 0 Å². The predicted molar refractivity (Wildman–Crippen MR) is 68.8 cm³/mol. The van der Waals surface area contributed by atoms with Crippen LogP contribution in [0.5, 0.6) is 0 Å². The maximum Gasteiger partial charge on any atom is 0.222 e. The Morgan fingerprint density at radius 2 is 2.00 bits per heavy atom. The Bertz CT molecular complexity index is 691. The molecule has 3 aromatic rings. The normalized spacial score (nSPS) is 10.9. The van der Waals surface area contributed by atoms with Crippen LogP contribution in [0.3, 0.4) is 0 Å². The molecule has 0 saturated carbocycles. The Balaban J connectivity index is 2.31. The van der Waals surface area contributed by atoms with Gasteiger partial charge in [-0.2, -0.15) is 10.1 Å². The van der Waals surface area contributed by atoms with Crippen molar-refractivity contribution in [3.63, 3.8) is 0 Å². The second kappa shape index (κ2) is 3.81. The SMILES string of the molecule is Nc1ncc(Br)c(-n2ncc3ccccc32)n1. The first-order valence-electron chi connectivity index (χ1n) is 4.97. The zero-order chi connectivity index (χ0) is 11.8. The molecule has 6 heteroatoms. The van der Waals surface area contributed by atoms with Crippen LogP contribution < -0.4 is 5.73 Å². The monoisotopic (exact) mass is 289 g/mol. The third kappa shape index (κ3) is 1.66. The molecule has 1 aromatic carbocycles. The summed E-state index contributed by atoms with van der Waals surface area (Å²) in [5.41, 5.74) is 6.57. The largest absolute Gasteiger partial charge is 0.368 e. The summed E-state index contributed by atoms with van der Waals surface area (Å²) in [5, 5.41) is 5.36. The second-order valence-electron chi connectivity index (χ2n) is 3.51. The molecule has 2 heterocycles. The Morgan fingerprint density at radius 1 is 1.18 bits per heavy atom. The van der Waals surface area contributed by atoms with Crippen molar-refractivity contribution in [3.05, 3.63) is 41.1 Å². The standard InChI is InChI=1S/C11H8BrN5/c12-8-6-14-11(13)16-10(8)17-9-4-2-1-3-7(9)5-15-17/h1-6H,(H2,13,14,16). The first-order valence-corrected chi connectivity index (χ1v) is 5.76. The van der Waals surface area contributed by atoms with Gasteiger partial charge in [-0.15, -0.1) is 0 Å². The first kappa shape index (κ1) is 10.2. The summed E-state index contributed by atoms with van der Waals surface area (Å²) in [5.74, 6) is 0.862. The van der Waals surface area contributed by atoms with E-state index in [-0.39, 0.29) is 5.95 Å². The molecule has 0 aliphatic heterocycles. The van der Waals surface area contributed by atoms with Crippen LogP contribution >= 0.6 is 15.9 Å². The van der Waals surface area contributed by atoms with Gasteiger partial charge in [0, 0.05) is 11.6 Å². The van der Waals surface area contributed by atoms with E-state index >= 15 is 0 Å². The minimum absolute atomic E-state index is 0.225. The third-order valence-corrected chi connectivity index (χ3v) is 2.98. The molecule has 2 N–H and O–H groups in total. The van der Waals surface area contributed by atoms with Crippen molar-refractivity contribution >= 4 is 32.8 Å². The van der Waals surface area contributed by atoms with Gasteiger partial charge < -0.3 is 5.73 Å². The van der Waals surface area contributed by atoms with E-state index in [2.05, 4.69) is 31.0 Å². The van der Waals surface area contributed by atoms with Gasteiger partial charge in [-0.25, -0.2) is 9.67 Å². The van der Waals surface area contributed by atoms with Crippen LogP contribution in [-0.2, 0) is 0 Å². The van der Waals surface area contributed by atoms with Crippen LogP contribution in [0.25, 0.3) is 16.7 Å². The molecule has 84 valence electrons. The van der Waals surface area contributed by atoms with E-state index < -0.39 is 0 Å². The van der Waals surface area contributed by atoms with Crippen molar-refractivity contribution in [2.45, 2.75) is 0 Å². The average Bonchev–Trinajstić information content (AvgIpc) is 2.76. The summed E-state index contributed by atoms with van der Waals surface area (Å²) in [4.78, 5) is 8.09. The maximum atomic E-state index is 5.59. The van der Waals surface area contributed by atoms with Crippen LogP contribution in [0.15, 0.2) is 41.1 Å². The van der Waals surface area contributed by atoms with Gasteiger partial charge in [0.2, 0.25) is 5.95 Å². The molecule has 17 heavy (non-hydrogen) atoms. The van der Waals surface area contributed by atoms with Crippen molar-refractivity contribution in [2.24, 2.45) is 0 Å². The molecule has 0 bridgehead atoms. The van der Waals surface area contributed by atoms with E-state index in [4.69, 9.17) is 5.73 Å². The molecule has 5 nitrogen and oxygen atoms in total. The molecular weight excluding hydrogens is 282 g/mol. The summed E-state index contributed by atoms with van der Waals surface area (Å²) >= 11 is 3.40. The van der Waals surface area contributed by atoms with Crippen LogP contribution in [0, 0.1) is 0 Å². The number of para-hydroxylation sites is 1. The number of halogens is 1. The molecular formula is C11H8BrN5. The lowest BCUT2D eigenvalue weighted by Crippen LogP contribution is -2.04. The molecule has 0 aliphatic rings. The lowest BCUT2D eigenvalue weighted by molar-refractivity contribution is 0.863. The van der Waals surface area contributed by atoms with Crippen LogP contribution in [0.1, 0.15) is 0 Å². The fraction of sp³-hybridized carbons (Fsp3) is 0. The highest BCUT2D eigenvalue weighted by Gasteiger charge is 2.09. The van der Waals surface area contributed by atoms with Crippen molar-refractivity contribution < 1.29 is 0 Å². The van der Waals surface area contributed by atoms with Gasteiger partial charge in [-0.05, 0) is 22.0 Å². The number of aromatic nitrogens is 4. The molecule has 0 spiro atoms. The summed E-state index contributed by atoms with van der Waals surface area (Å²) < 4.78 is 2.48. The lowest BCUT2D eigenvalue weighted by Gasteiger charge is -2.05. The summed E-state index contributed by atoms with van der Waals surface area (Å²) in [6.07, 6.45) is 3.41. The highest BCUT2D eigenvalue weighted by molar-refractivity contribution is 9.10. The minimum atomic E-state index is 0.225. The molecule has 0 saturated heterocycles. The molecule has 0 atom stereocenters. The first-order chi connectivity index (χ1) is 8.25. The number of fused-ring (bicyclic) bond motifs is 1. The molecule has 0 unspecified atom stereocenters. The van der Waals surface area contributed by atoms with E-state index in [0.29, 0.717) is 5.82 Å². The molecule has 2 aromatic heterocycles. The van der Waals surface area contributed by atoms with Crippen molar-refractivity contribution in [1.82, 2.24) is 19.7 Å². The van der Waals surface area contributed by atoms with Gasteiger partial charge in [0.05, 0.1) is 16.2 Å². The summed E-state index contributed by atoms with van der Waals surface area (Å²) in [7, 11) is 0. The van der Waals surface area contributed by atoms with Crippen LogP contribution in [0.2, 0.25) is 0 Å². The number of nitrogen functional groups attached to an aromatic ring is 1.